The number of hydrogen-bond acceptors (Lipinski definition) is 2. The zero-order chi connectivity index (χ0) is 13.9. The first-order chi connectivity index (χ1) is 9.78. The third kappa shape index (κ3) is 2.83. The minimum atomic E-state index is -0.212. The molecule has 2 aliphatic rings. The number of rotatable bonds is 3. The normalized spacial score (nSPS) is 30.4. The molecule has 1 aromatic rings. The van der Waals surface area contributed by atoms with Gasteiger partial charge in [0, 0.05) is 6.07 Å². The van der Waals surface area contributed by atoms with Gasteiger partial charge in [0.15, 0.2) is 0 Å². The highest BCUT2D eigenvalue weighted by atomic mass is 19.1. The molecule has 1 saturated carbocycles. The molecule has 0 amide bonds. The first-order valence-electron chi connectivity index (χ1n) is 7.82. The van der Waals surface area contributed by atoms with E-state index in [2.05, 4.69) is 5.32 Å². The third-order valence-corrected chi connectivity index (χ3v) is 5.17. The van der Waals surface area contributed by atoms with Gasteiger partial charge >= 0.3 is 0 Å². The quantitative estimate of drug-likeness (QED) is 0.909. The van der Waals surface area contributed by atoms with Gasteiger partial charge in [0.2, 0.25) is 0 Å². The zero-order valence-electron chi connectivity index (χ0n) is 12.2. The third-order valence-electron chi connectivity index (χ3n) is 5.17. The molecule has 2 nitrogen and oxygen atoms in total. The molecular weight excluding hydrogens is 253 g/mol. The van der Waals surface area contributed by atoms with Crippen molar-refractivity contribution >= 4 is 0 Å². The molecule has 0 aromatic heterocycles. The Balaban J connectivity index is 1.65. The van der Waals surface area contributed by atoms with Crippen LogP contribution in [0.1, 0.15) is 43.6 Å². The van der Waals surface area contributed by atoms with Gasteiger partial charge in [-0.05, 0) is 74.6 Å². The lowest BCUT2D eigenvalue weighted by atomic mass is 9.73. The van der Waals surface area contributed by atoms with Crippen molar-refractivity contribution in [3.63, 3.8) is 0 Å². The number of methoxy groups -OCH3 is 1. The molecule has 1 aliphatic carbocycles. The maximum absolute atomic E-state index is 13.3. The van der Waals surface area contributed by atoms with Crippen LogP contribution in [0.15, 0.2) is 18.2 Å². The van der Waals surface area contributed by atoms with E-state index in [9.17, 15) is 4.39 Å². The Morgan fingerprint density at radius 1 is 1.10 bits per heavy atom. The summed E-state index contributed by atoms with van der Waals surface area (Å²) in [5, 5.41) is 3.48. The van der Waals surface area contributed by atoms with Gasteiger partial charge in [0.1, 0.15) is 11.6 Å². The summed E-state index contributed by atoms with van der Waals surface area (Å²) in [5.74, 6) is 2.81. The molecule has 20 heavy (non-hydrogen) atoms. The number of nitrogens with one attached hydrogen (secondary N) is 1. The average Bonchev–Trinajstić information content (AvgIpc) is 3.01. The predicted molar refractivity (Wildman–Crippen MR) is 78.6 cm³/mol. The zero-order valence-corrected chi connectivity index (χ0v) is 12.2. The molecule has 2 fully saturated rings. The summed E-state index contributed by atoms with van der Waals surface area (Å²) < 4.78 is 18.6. The van der Waals surface area contributed by atoms with Gasteiger partial charge in [-0.3, -0.25) is 0 Å². The van der Waals surface area contributed by atoms with Crippen LogP contribution in [0.3, 0.4) is 0 Å². The van der Waals surface area contributed by atoms with E-state index in [0.29, 0.717) is 5.92 Å². The Kier molecular flexibility index (Phi) is 4.25. The Bertz CT molecular complexity index is 448. The summed E-state index contributed by atoms with van der Waals surface area (Å²) >= 11 is 0. The highest BCUT2D eigenvalue weighted by Gasteiger charge is 2.30. The van der Waals surface area contributed by atoms with Gasteiger partial charge in [-0.25, -0.2) is 4.39 Å². The summed E-state index contributed by atoms with van der Waals surface area (Å²) in [6, 6.07) is 4.99. The van der Waals surface area contributed by atoms with Crippen LogP contribution in [0.2, 0.25) is 0 Å². The van der Waals surface area contributed by atoms with Crippen molar-refractivity contribution in [2.45, 2.75) is 38.0 Å². The minimum absolute atomic E-state index is 0.212. The maximum atomic E-state index is 13.3. The Labute approximate surface area is 120 Å². The van der Waals surface area contributed by atoms with E-state index >= 15 is 0 Å². The van der Waals surface area contributed by atoms with Crippen molar-refractivity contribution in [2.75, 3.05) is 20.2 Å². The average molecular weight is 277 g/mol. The number of hydrogen-bond donors (Lipinski definition) is 1. The lowest BCUT2D eigenvalue weighted by Gasteiger charge is -2.32. The molecule has 1 aliphatic heterocycles. The van der Waals surface area contributed by atoms with Crippen LogP contribution in [-0.4, -0.2) is 20.2 Å². The molecule has 3 rings (SSSR count). The van der Waals surface area contributed by atoms with Gasteiger partial charge in [0.25, 0.3) is 0 Å². The van der Waals surface area contributed by atoms with Crippen LogP contribution < -0.4 is 10.1 Å². The second-order valence-electron chi connectivity index (χ2n) is 6.25. The smallest absolute Gasteiger partial charge is 0.126 e. The van der Waals surface area contributed by atoms with Crippen LogP contribution in [0.5, 0.6) is 5.75 Å². The highest BCUT2D eigenvalue weighted by molar-refractivity contribution is 5.37. The number of benzene rings is 1. The molecule has 3 heteroatoms. The minimum Gasteiger partial charge on any atom is -0.496 e. The van der Waals surface area contributed by atoms with E-state index in [1.807, 2.05) is 6.07 Å². The Morgan fingerprint density at radius 2 is 1.90 bits per heavy atom. The van der Waals surface area contributed by atoms with Crippen molar-refractivity contribution in [1.29, 1.82) is 0 Å². The Hall–Kier alpha value is -1.09. The van der Waals surface area contributed by atoms with E-state index in [-0.39, 0.29) is 5.82 Å². The SMILES string of the molecule is COc1cc(F)ccc1C1CCC(C2CCNC2)CC1. The van der Waals surface area contributed by atoms with Crippen molar-refractivity contribution in [3.8, 4) is 5.75 Å². The summed E-state index contributed by atoms with van der Waals surface area (Å²) in [6.45, 7) is 2.39. The van der Waals surface area contributed by atoms with Crippen molar-refractivity contribution < 1.29 is 9.13 Å². The first-order valence-corrected chi connectivity index (χ1v) is 7.82. The summed E-state index contributed by atoms with van der Waals surface area (Å²) in [7, 11) is 1.63. The summed E-state index contributed by atoms with van der Waals surface area (Å²) in [4.78, 5) is 0. The van der Waals surface area contributed by atoms with Crippen LogP contribution in [0.4, 0.5) is 4.39 Å². The van der Waals surface area contributed by atoms with Crippen LogP contribution in [0.25, 0.3) is 0 Å². The molecule has 1 atom stereocenters. The standard InChI is InChI=1S/C17H24FNO/c1-20-17-10-15(18)6-7-16(17)13-4-2-12(3-5-13)14-8-9-19-11-14/h6-7,10,12-14,19H,2-5,8-9,11H2,1H3. The van der Waals surface area contributed by atoms with Gasteiger partial charge in [-0.15, -0.1) is 0 Å². The Morgan fingerprint density at radius 3 is 2.55 bits per heavy atom. The fourth-order valence-electron chi connectivity index (χ4n) is 4.00. The fraction of sp³-hybridized carbons (Fsp3) is 0.647. The van der Waals surface area contributed by atoms with E-state index in [0.717, 1.165) is 17.6 Å². The van der Waals surface area contributed by atoms with Crippen LogP contribution >= 0.6 is 0 Å². The molecule has 1 unspecified atom stereocenters. The molecule has 1 heterocycles. The lowest BCUT2D eigenvalue weighted by molar-refractivity contribution is 0.242. The molecule has 1 N–H and O–H groups in total. The number of halogens is 1. The predicted octanol–water partition coefficient (Wildman–Crippen LogP) is 3.72. The molecular formula is C17H24FNO. The molecule has 0 radical (unpaired) electrons. The maximum Gasteiger partial charge on any atom is 0.126 e. The fourth-order valence-corrected chi connectivity index (χ4v) is 4.00. The number of ether oxygens (including phenoxy) is 1. The molecule has 1 aromatic carbocycles. The van der Waals surface area contributed by atoms with Crippen molar-refractivity contribution in [2.24, 2.45) is 11.8 Å². The van der Waals surface area contributed by atoms with Gasteiger partial charge < -0.3 is 10.1 Å². The van der Waals surface area contributed by atoms with Gasteiger partial charge in [-0.1, -0.05) is 6.07 Å². The van der Waals surface area contributed by atoms with Crippen molar-refractivity contribution in [3.05, 3.63) is 29.6 Å². The van der Waals surface area contributed by atoms with Crippen LogP contribution in [-0.2, 0) is 0 Å². The lowest BCUT2D eigenvalue weighted by Crippen LogP contribution is -2.23. The molecule has 0 spiro atoms. The molecule has 110 valence electrons. The monoisotopic (exact) mass is 277 g/mol. The largest absolute Gasteiger partial charge is 0.496 e. The highest BCUT2D eigenvalue weighted by Crippen LogP contribution is 2.42. The summed E-state index contributed by atoms with van der Waals surface area (Å²) in [6.07, 6.45) is 6.37. The summed E-state index contributed by atoms with van der Waals surface area (Å²) in [5.41, 5.74) is 1.19. The van der Waals surface area contributed by atoms with Crippen LogP contribution in [0, 0.1) is 17.7 Å². The second kappa shape index (κ2) is 6.13. The van der Waals surface area contributed by atoms with Gasteiger partial charge in [-0.2, -0.15) is 0 Å². The van der Waals surface area contributed by atoms with E-state index in [1.165, 1.54) is 56.8 Å². The van der Waals surface area contributed by atoms with E-state index in [1.54, 1.807) is 13.2 Å². The topological polar surface area (TPSA) is 21.3 Å². The first kappa shape index (κ1) is 13.9. The van der Waals surface area contributed by atoms with Gasteiger partial charge in [0.05, 0.1) is 7.11 Å². The second-order valence-corrected chi connectivity index (χ2v) is 6.25. The van der Waals surface area contributed by atoms with E-state index in [4.69, 9.17) is 4.74 Å². The molecule has 1 saturated heterocycles. The van der Waals surface area contributed by atoms with E-state index < -0.39 is 0 Å². The van der Waals surface area contributed by atoms with Crippen molar-refractivity contribution in [1.82, 2.24) is 5.32 Å². The molecule has 0 bridgehead atoms.